The number of hydrogen-bond donors (Lipinski definition) is 1. The van der Waals surface area contributed by atoms with E-state index in [0.717, 1.165) is 5.92 Å². The third-order valence-electron chi connectivity index (χ3n) is 3.84. The third-order valence-corrected chi connectivity index (χ3v) is 3.84. The molecule has 18 heavy (non-hydrogen) atoms. The van der Waals surface area contributed by atoms with Gasteiger partial charge in [-0.05, 0) is 51.4 Å². The maximum Gasteiger partial charge on any atom is 0.00817 e. The minimum atomic E-state index is 0.715. The molecule has 0 spiro atoms. The van der Waals surface area contributed by atoms with E-state index in [1.54, 1.807) is 0 Å². The van der Waals surface area contributed by atoms with Crippen LogP contribution in [0, 0.1) is 5.92 Å². The van der Waals surface area contributed by atoms with Crippen LogP contribution in [0.3, 0.4) is 0 Å². The smallest absolute Gasteiger partial charge is 0.00817 e. The molecule has 0 saturated carbocycles. The zero-order valence-corrected chi connectivity index (χ0v) is 13.5. The molecule has 0 heterocycles. The fourth-order valence-corrected chi connectivity index (χ4v) is 2.63. The van der Waals surface area contributed by atoms with Crippen LogP contribution in [0.25, 0.3) is 0 Å². The molecule has 2 heteroatoms. The number of nitrogens with one attached hydrogen (secondary N) is 1. The molecule has 0 aliphatic carbocycles. The first-order chi connectivity index (χ1) is 8.67. The van der Waals surface area contributed by atoms with Gasteiger partial charge < -0.3 is 10.2 Å². The highest BCUT2D eigenvalue weighted by Crippen LogP contribution is 2.15. The largest absolute Gasteiger partial charge is 0.314 e. The zero-order chi connectivity index (χ0) is 13.8. The van der Waals surface area contributed by atoms with Crippen molar-refractivity contribution in [3.05, 3.63) is 0 Å². The Hall–Kier alpha value is -0.0800. The predicted molar refractivity (Wildman–Crippen MR) is 83.2 cm³/mol. The molecule has 1 N–H and O–H groups in total. The Morgan fingerprint density at radius 2 is 1.61 bits per heavy atom. The van der Waals surface area contributed by atoms with Crippen molar-refractivity contribution < 1.29 is 0 Å². The van der Waals surface area contributed by atoms with Gasteiger partial charge >= 0.3 is 0 Å². The van der Waals surface area contributed by atoms with E-state index in [2.05, 4.69) is 44.8 Å². The van der Waals surface area contributed by atoms with Gasteiger partial charge in [-0.3, -0.25) is 0 Å². The normalized spacial score (nSPS) is 15.0. The molecular weight excluding hydrogens is 220 g/mol. The molecule has 2 nitrogen and oxygen atoms in total. The summed E-state index contributed by atoms with van der Waals surface area (Å²) in [7, 11) is 0. The van der Waals surface area contributed by atoms with Gasteiger partial charge in [-0.25, -0.2) is 0 Å². The van der Waals surface area contributed by atoms with Gasteiger partial charge in [-0.1, -0.05) is 47.5 Å². The van der Waals surface area contributed by atoms with Crippen molar-refractivity contribution in [1.82, 2.24) is 10.2 Å². The molecule has 0 fully saturated rings. The van der Waals surface area contributed by atoms with Gasteiger partial charge in [0.1, 0.15) is 0 Å². The van der Waals surface area contributed by atoms with Crippen LogP contribution in [0.2, 0.25) is 0 Å². The van der Waals surface area contributed by atoms with E-state index in [4.69, 9.17) is 0 Å². The Labute approximate surface area is 116 Å². The molecular formula is C16H36N2. The summed E-state index contributed by atoms with van der Waals surface area (Å²) in [6.07, 6.45) is 6.57. The molecule has 0 aromatic rings. The Bertz CT molecular complexity index is 166. The van der Waals surface area contributed by atoms with Crippen LogP contribution >= 0.6 is 0 Å². The Morgan fingerprint density at radius 1 is 0.944 bits per heavy atom. The van der Waals surface area contributed by atoms with Gasteiger partial charge in [0.25, 0.3) is 0 Å². The highest BCUT2D eigenvalue weighted by atomic mass is 15.1. The summed E-state index contributed by atoms with van der Waals surface area (Å²) in [5.41, 5.74) is 0. The molecule has 0 bridgehead atoms. The second-order valence-electron chi connectivity index (χ2n) is 5.60. The van der Waals surface area contributed by atoms with Gasteiger partial charge in [0.15, 0.2) is 0 Å². The Balaban J connectivity index is 4.04. The van der Waals surface area contributed by atoms with Gasteiger partial charge in [0.2, 0.25) is 0 Å². The maximum absolute atomic E-state index is 3.74. The van der Waals surface area contributed by atoms with Crippen molar-refractivity contribution in [3.8, 4) is 0 Å². The molecule has 0 aromatic heterocycles. The molecule has 0 radical (unpaired) electrons. The van der Waals surface area contributed by atoms with Crippen molar-refractivity contribution in [3.63, 3.8) is 0 Å². The van der Waals surface area contributed by atoms with Crippen LogP contribution in [0.1, 0.15) is 66.7 Å². The molecule has 0 aliphatic heterocycles. The van der Waals surface area contributed by atoms with Gasteiger partial charge in [-0.15, -0.1) is 0 Å². The molecule has 2 unspecified atom stereocenters. The van der Waals surface area contributed by atoms with E-state index in [1.807, 2.05) is 0 Å². The van der Waals surface area contributed by atoms with Crippen LogP contribution in [0.4, 0.5) is 0 Å². The molecule has 0 aromatic carbocycles. The first kappa shape index (κ1) is 17.9. The van der Waals surface area contributed by atoms with Crippen molar-refractivity contribution in [2.24, 2.45) is 5.92 Å². The molecule has 0 saturated heterocycles. The first-order valence-corrected chi connectivity index (χ1v) is 8.13. The standard InChI is InChI=1S/C16H36N2/c1-6-10-15(5)14-16(17-12-7-2)11-13-18(8-3)9-4/h15-17H,6-14H2,1-5H3. The summed E-state index contributed by atoms with van der Waals surface area (Å²) in [6.45, 7) is 16.2. The summed E-state index contributed by atoms with van der Waals surface area (Å²) in [6, 6.07) is 0.715. The highest BCUT2D eigenvalue weighted by molar-refractivity contribution is 4.72. The van der Waals surface area contributed by atoms with Crippen LogP contribution in [0.5, 0.6) is 0 Å². The predicted octanol–water partition coefficient (Wildman–Crippen LogP) is 3.91. The lowest BCUT2D eigenvalue weighted by molar-refractivity contribution is 0.266. The molecule has 0 aliphatic rings. The van der Waals surface area contributed by atoms with Crippen molar-refractivity contribution in [2.75, 3.05) is 26.2 Å². The fourth-order valence-electron chi connectivity index (χ4n) is 2.63. The average Bonchev–Trinajstić information content (AvgIpc) is 2.37. The fraction of sp³-hybridized carbons (Fsp3) is 1.00. The second kappa shape index (κ2) is 12.0. The lowest BCUT2D eigenvalue weighted by Gasteiger charge is -2.25. The van der Waals surface area contributed by atoms with Crippen molar-refractivity contribution >= 4 is 0 Å². The van der Waals surface area contributed by atoms with E-state index < -0.39 is 0 Å². The SMILES string of the molecule is CCCNC(CCN(CC)CC)CC(C)CCC. The lowest BCUT2D eigenvalue weighted by atomic mass is 9.95. The number of hydrogen-bond acceptors (Lipinski definition) is 2. The summed E-state index contributed by atoms with van der Waals surface area (Å²) in [5.74, 6) is 0.862. The topological polar surface area (TPSA) is 15.3 Å². The number of nitrogens with zero attached hydrogens (tertiary/aromatic N) is 1. The minimum Gasteiger partial charge on any atom is -0.314 e. The lowest BCUT2D eigenvalue weighted by Crippen LogP contribution is -2.36. The summed E-state index contributed by atoms with van der Waals surface area (Å²) >= 11 is 0. The summed E-state index contributed by atoms with van der Waals surface area (Å²) < 4.78 is 0. The van der Waals surface area contributed by atoms with Crippen LogP contribution < -0.4 is 5.32 Å². The third kappa shape index (κ3) is 8.93. The summed E-state index contributed by atoms with van der Waals surface area (Å²) in [4.78, 5) is 2.53. The zero-order valence-electron chi connectivity index (χ0n) is 13.5. The second-order valence-corrected chi connectivity index (χ2v) is 5.60. The van der Waals surface area contributed by atoms with E-state index in [9.17, 15) is 0 Å². The molecule has 110 valence electrons. The van der Waals surface area contributed by atoms with E-state index in [0.29, 0.717) is 6.04 Å². The molecule has 2 atom stereocenters. The highest BCUT2D eigenvalue weighted by Gasteiger charge is 2.13. The quantitative estimate of drug-likeness (QED) is 0.569. The summed E-state index contributed by atoms with van der Waals surface area (Å²) in [5, 5.41) is 3.74. The van der Waals surface area contributed by atoms with Crippen molar-refractivity contribution in [1.29, 1.82) is 0 Å². The van der Waals surface area contributed by atoms with Gasteiger partial charge in [-0.2, -0.15) is 0 Å². The van der Waals surface area contributed by atoms with Crippen LogP contribution in [0.15, 0.2) is 0 Å². The Kier molecular flexibility index (Phi) is 11.9. The maximum atomic E-state index is 3.74. The van der Waals surface area contributed by atoms with E-state index in [-0.39, 0.29) is 0 Å². The van der Waals surface area contributed by atoms with E-state index in [1.165, 1.54) is 58.3 Å². The monoisotopic (exact) mass is 256 g/mol. The van der Waals surface area contributed by atoms with Gasteiger partial charge in [0.05, 0.1) is 0 Å². The van der Waals surface area contributed by atoms with Crippen molar-refractivity contribution in [2.45, 2.75) is 72.8 Å². The first-order valence-electron chi connectivity index (χ1n) is 8.13. The Morgan fingerprint density at radius 3 is 2.11 bits per heavy atom. The average molecular weight is 256 g/mol. The van der Waals surface area contributed by atoms with Gasteiger partial charge in [0, 0.05) is 6.04 Å². The van der Waals surface area contributed by atoms with Crippen LogP contribution in [-0.2, 0) is 0 Å². The van der Waals surface area contributed by atoms with Crippen LogP contribution in [-0.4, -0.2) is 37.1 Å². The molecule has 0 rings (SSSR count). The van der Waals surface area contributed by atoms with E-state index >= 15 is 0 Å². The minimum absolute atomic E-state index is 0.715. The number of rotatable bonds is 12. The molecule has 0 amide bonds.